The van der Waals surface area contributed by atoms with Crippen molar-refractivity contribution in [2.24, 2.45) is 5.10 Å². The molecule has 0 saturated heterocycles. The second-order valence-corrected chi connectivity index (χ2v) is 9.14. The summed E-state index contributed by atoms with van der Waals surface area (Å²) in [5.41, 5.74) is 4.73. The summed E-state index contributed by atoms with van der Waals surface area (Å²) in [5.74, 6) is -0.673. The van der Waals surface area contributed by atoms with Crippen LogP contribution in [0.4, 0.5) is 8.78 Å². The van der Waals surface area contributed by atoms with Crippen molar-refractivity contribution in [3.8, 4) is 0 Å². The topological polar surface area (TPSA) is 45.7 Å². The zero-order valence-corrected chi connectivity index (χ0v) is 16.9. The average molecular weight is 444 g/mol. The monoisotopic (exact) mass is 443 g/mol. The lowest BCUT2D eigenvalue weighted by atomic mass is 10.1. The normalized spacial score (nSPS) is 26.2. The van der Waals surface area contributed by atoms with E-state index in [9.17, 15) is 8.78 Å². The third kappa shape index (κ3) is 4.09. The SMILES string of the molecule is CNCC1=CC(C2=NNC(Br)(OC)C=C2)=C[SH]1Cc1c(F)cccc1F. The van der Waals surface area contributed by atoms with Gasteiger partial charge in [0.15, 0.2) is 0 Å². The predicted molar refractivity (Wildman–Crippen MR) is 108 cm³/mol. The second kappa shape index (κ2) is 8.04. The lowest BCUT2D eigenvalue weighted by molar-refractivity contribution is 0.0884. The quantitative estimate of drug-likeness (QED) is 0.357. The summed E-state index contributed by atoms with van der Waals surface area (Å²) in [6, 6.07) is 3.99. The van der Waals surface area contributed by atoms with Crippen LogP contribution in [-0.4, -0.2) is 31.0 Å². The van der Waals surface area contributed by atoms with E-state index in [2.05, 4.69) is 37.2 Å². The molecule has 1 aromatic rings. The van der Waals surface area contributed by atoms with Gasteiger partial charge in [-0.3, -0.25) is 5.43 Å². The Labute approximate surface area is 162 Å². The maximum Gasteiger partial charge on any atom is 0.230 e. The van der Waals surface area contributed by atoms with Gasteiger partial charge in [0.1, 0.15) is 11.6 Å². The molecule has 1 aromatic carbocycles. The number of ether oxygens (including phenoxy) is 1. The van der Waals surface area contributed by atoms with Gasteiger partial charge in [-0.15, -0.1) is 0 Å². The van der Waals surface area contributed by atoms with Crippen LogP contribution in [0.1, 0.15) is 5.56 Å². The van der Waals surface area contributed by atoms with E-state index in [0.717, 1.165) is 16.2 Å². The van der Waals surface area contributed by atoms with Gasteiger partial charge >= 0.3 is 0 Å². The molecule has 8 heteroatoms. The number of nitrogens with zero attached hydrogens (tertiary/aromatic N) is 1. The fourth-order valence-corrected chi connectivity index (χ4v) is 5.23. The number of benzene rings is 1. The van der Waals surface area contributed by atoms with Gasteiger partial charge in [0.2, 0.25) is 4.63 Å². The number of rotatable bonds is 6. The number of hydrogen-bond donors (Lipinski definition) is 3. The van der Waals surface area contributed by atoms with Gasteiger partial charge in [-0.1, -0.05) is 6.07 Å². The molecule has 3 rings (SSSR count). The summed E-state index contributed by atoms with van der Waals surface area (Å²) in [4.78, 5) is 1.12. The highest BCUT2D eigenvalue weighted by Gasteiger charge is 2.27. The summed E-state index contributed by atoms with van der Waals surface area (Å²) in [6.07, 6.45) is 5.72. The van der Waals surface area contributed by atoms with Crippen LogP contribution in [0.3, 0.4) is 0 Å². The molecule has 2 unspecified atom stereocenters. The van der Waals surface area contributed by atoms with Crippen LogP contribution in [-0.2, 0) is 10.5 Å². The molecule has 2 aliphatic rings. The van der Waals surface area contributed by atoms with Gasteiger partial charge in [-0.25, -0.2) is 19.7 Å². The fourth-order valence-electron chi connectivity index (χ4n) is 2.70. The predicted octanol–water partition coefficient (Wildman–Crippen LogP) is 3.68. The van der Waals surface area contributed by atoms with Gasteiger partial charge in [-0.2, -0.15) is 5.10 Å². The summed E-state index contributed by atoms with van der Waals surface area (Å²) in [5, 5.41) is 9.53. The van der Waals surface area contributed by atoms with Crippen LogP contribution in [0.2, 0.25) is 0 Å². The molecule has 4 nitrogen and oxygen atoms in total. The number of halogens is 3. The Bertz CT molecular complexity index is 804. The van der Waals surface area contributed by atoms with Gasteiger partial charge in [-0.05, 0) is 63.7 Å². The molecule has 0 aromatic heterocycles. The molecule has 0 amide bonds. The Morgan fingerprint density at radius 2 is 2.08 bits per heavy atom. The summed E-state index contributed by atoms with van der Waals surface area (Å²) < 4.78 is 32.5. The van der Waals surface area contributed by atoms with Crippen molar-refractivity contribution < 1.29 is 13.5 Å². The lowest BCUT2D eigenvalue weighted by Gasteiger charge is -2.25. The van der Waals surface area contributed by atoms with Crippen molar-refractivity contribution in [3.05, 3.63) is 69.5 Å². The number of nitrogens with one attached hydrogen (secondary N) is 2. The maximum atomic E-state index is 14.0. The van der Waals surface area contributed by atoms with Crippen molar-refractivity contribution >= 4 is 32.5 Å². The molecule has 2 aliphatic heterocycles. The Morgan fingerprint density at radius 1 is 1.35 bits per heavy atom. The second-order valence-electron chi connectivity index (χ2n) is 5.87. The molecule has 0 radical (unpaired) electrons. The number of hydrogen-bond acceptors (Lipinski definition) is 4. The van der Waals surface area contributed by atoms with Crippen molar-refractivity contribution in [3.63, 3.8) is 0 Å². The molecule has 0 bridgehead atoms. The molecule has 140 valence electrons. The van der Waals surface area contributed by atoms with E-state index in [1.54, 1.807) is 7.11 Å². The zero-order chi connectivity index (χ0) is 18.7. The van der Waals surface area contributed by atoms with Gasteiger partial charge in [0.25, 0.3) is 0 Å². The third-order valence-electron chi connectivity index (χ3n) is 4.11. The number of hydrazone groups is 1. The highest BCUT2D eigenvalue weighted by molar-refractivity contribution is 9.10. The number of methoxy groups -OCH3 is 1. The minimum absolute atomic E-state index is 0.135. The Kier molecular flexibility index (Phi) is 5.96. The first-order chi connectivity index (χ1) is 12.5. The van der Waals surface area contributed by atoms with Gasteiger partial charge in [0, 0.05) is 30.5 Å². The average Bonchev–Trinajstić information content (AvgIpc) is 3.02. The number of alkyl halides is 1. The number of allylic oxidation sites excluding steroid dienone is 3. The molecule has 26 heavy (non-hydrogen) atoms. The van der Waals surface area contributed by atoms with Crippen LogP contribution < -0.4 is 10.7 Å². The van der Waals surface area contributed by atoms with E-state index in [-0.39, 0.29) is 5.56 Å². The van der Waals surface area contributed by atoms with E-state index in [1.807, 2.05) is 25.3 Å². The van der Waals surface area contributed by atoms with E-state index < -0.39 is 27.2 Å². The Hall–Kier alpha value is -1.48. The van der Waals surface area contributed by atoms with Gasteiger partial charge < -0.3 is 10.1 Å². The standard InChI is InChI=1S/C18H20BrF2N3OS/c1-22-9-13-8-12(17-6-7-18(19,25-2)24-23-17)10-26(13)11-14-15(20)4-3-5-16(14)21/h3-8,10,22,24,26H,9,11H2,1-2H3. The Balaban J connectivity index is 1.85. The molecule has 2 heterocycles. The van der Waals surface area contributed by atoms with Crippen LogP contribution >= 0.6 is 26.8 Å². The number of thiol groups is 1. The van der Waals surface area contributed by atoms with E-state index >= 15 is 0 Å². The largest absolute Gasteiger partial charge is 0.345 e. The summed E-state index contributed by atoms with van der Waals surface area (Å²) >= 11 is 3.39. The number of likely N-dealkylation sites (N-methyl/N-ethyl adjacent to an activating group) is 1. The van der Waals surface area contributed by atoms with Crippen LogP contribution in [0.15, 0.2) is 57.4 Å². The molecule has 2 atom stereocenters. The molecular weight excluding hydrogens is 424 g/mol. The molecule has 0 spiro atoms. The van der Waals surface area contributed by atoms with Crippen molar-refractivity contribution in [2.45, 2.75) is 10.4 Å². The Morgan fingerprint density at radius 3 is 2.65 bits per heavy atom. The zero-order valence-electron chi connectivity index (χ0n) is 14.4. The van der Waals surface area contributed by atoms with Crippen molar-refractivity contribution in [1.82, 2.24) is 10.7 Å². The van der Waals surface area contributed by atoms with Crippen LogP contribution in [0, 0.1) is 11.6 Å². The summed E-state index contributed by atoms with van der Waals surface area (Å²) in [6.45, 7) is 0.659. The first kappa shape index (κ1) is 19.3. The lowest BCUT2D eigenvalue weighted by Crippen LogP contribution is -2.38. The molecule has 0 saturated carbocycles. The smallest absolute Gasteiger partial charge is 0.230 e. The highest BCUT2D eigenvalue weighted by Crippen LogP contribution is 2.47. The van der Waals surface area contributed by atoms with Crippen LogP contribution in [0.25, 0.3) is 0 Å². The van der Waals surface area contributed by atoms with Crippen LogP contribution in [0.5, 0.6) is 0 Å². The molecule has 2 N–H and O–H groups in total. The third-order valence-corrected chi connectivity index (χ3v) is 7.15. The fraction of sp³-hybridized carbons (Fsp3) is 0.278. The van der Waals surface area contributed by atoms with E-state index in [4.69, 9.17) is 4.74 Å². The van der Waals surface area contributed by atoms with Crippen molar-refractivity contribution in [1.29, 1.82) is 0 Å². The first-order valence-electron chi connectivity index (χ1n) is 8.01. The van der Waals surface area contributed by atoms with E-state index in [1.165, 1.54) is 18.2 Å². The van der Waals surface area contributed by atoms with Gasteiger partial charge in [0.05, 0.1) is 5.71 Å². The minimum atomic E-state index is -0.844. The van der Waals surface area contributed by atoms with E-state index in [0.29, 0.717) is 12.3 Å². The molecule has 0 aliphatic carbocycles. The highest BCUT2D eigenvalue weighted by atomic mass is 79.9. The minimum Gasteiger partial charge on any atom is -0.345 e. The molecular formula is C18H20BrF2N3OS. The first-order valence-corrected chi connectivity index (χ1v) is 10.4. The maximum absolute atomic E-state index is 14.0. The summed E-state index contributed by atoms with van der Waals surface area (Å²) in [7, 11) is 2.58. The van der Waals surface area contributed by atoms with Crippen molar-refractivity contribution in [2.75, 3.05) is 20.7 Å². The molecule has 0 fully saturated rings.